The van der Waals surface area contributed by atoms with Crippen LogP contribution in [-0.2, 0) is 17.6 Å². The van der Waals surface area contributed by atoms with Crippen molar-refractivity contribution in [2.45, 2.75) is 38.3 Å². The van der Waals surface area contributed by atoms with Gasteiger partial charge in [0.15, 0.2) is 0 Å². The fourth-order valence-corrected chi connectivity index (χ4v) is 4.07. The molecule has 35 heavy (non-hydrogen) atoms. The number of carbonyl (C=O) groups excluding carboxylic acids is 3. The standard InChI is InChI=1S/C25H23N3O7/c1-15(8-10-17-5-4-12-35-17)26-23(30)21(14-16-9-11-22(29)20(13-16)28(33)34)27-24(31)18-6-2-3-7-19(18)25(27)32/h2-7,9,11-13,15,21,29H,8,10,14H2,1H3,(H,26,30)/p-1/t15-,21+/m1/s1. The number of nitro groups is 1. The zero-order valence-corrected chi connectivity index (χ0v) is 18.8. The van der Waals surface area contributed by atoms with E-state index in [9.17, 15) is 29.6 Å². The van der Waals surface area contributed by atoms with Crippen LogP contribution in [-0.4, -0.2) is 39.6 Å². The van der Waals surface area contributed by atoms with Gasteiger partial charge in [-0.15, -0.1) is 0 Å². The number of hydrogen-bond donors (Lipinski definition) is 1. The van der Waals surface area contributed by atoms with Crippen molar-refractivity contribution in [3.05, 3.63) is 93.4 Å². The van der Waals surface area contributed by atoms with Crippen molar-refractivity contribution in [3.8, 4) is 5.75 Å². The summed E-state index contributed by atoms with van der Waals surface area (Å²) in [5.74, 6) is -1.84. The molecular formula is C25H22N3O7-. The summed E-state index contributed by atoms with van der Waals surface area (Å²) in [7, 11) is 0. The minimum Gasteiger partial charge on any atom is -0.868 e. The molecule has 3 aromatic rings. The summed E-state index contributed by atoms with van der Waals surface area (Å²) >= 11 is 0. The Kier molecular flexibility index (Phi) is 6.63. The first-order valence-electron chi connectivity index (χ1n) is 11.0. The van der Waals surface area contributed by atoms with Crippen LogP contribution in [0.1, 0.15) is 45.4 Å². The molecule has 0 saturated heterocycles. The van der Waals surface area contributed by atoms with Gasteiger partial charge in [0.1, 0.15) is 11.8 Å². The second kappa shape index (κ2) is 9.80. The monoisotopic (exact) mass is 476 g/mol. The Hall–Kier alpha value is -4.47. The number of furan rings is 1. The predicted octanol–water partition coefficient (Wildman–Crippen LogP) is 2.61. The Bertz CT molecular complexity index is 1250. The van der Waals surface area contributed by atoms with E-state index >= 15 is 0 Å². The average molecular weight is 476 g/mol. The Balaban J connectivity index is 1.60. The molecule has 1 aliphatic rings. The van der Waals surface area contributed by atoms with Crippen molar-refractivity contribution in [3.63, 3.8) is 0 Å². The molecule has 3 amide bonds. The molecule has 2 aromatic carbocycles. The van der Waals surface area contributed by atoms with E-state index in [0.717, 1.165) is 22.8 Å². The first-order chi connectivity index (χ1) is 16.8. The Morgan fingerprint density at radius 3 is 2.37 bits per heavy atom. The number of hydrogen-bond acceptors (Lipinski definition) is 7. The van der Waals surface area contributed by atoms with Gasteiger partial charge in [0.25, 0.3) is 17.5 Å². The third-order valence-electron chi connectivity index (χ3n) is 5.88. The maximum atomic E-state index is 13.4. The minimum absolute atomic E-state index is 0.182. The van der Waals surface area contributed by atoms with Crippen molar-refractivity contribution >= 4 is 23.4 Å². The van der Waals surface area contributed by atoms with Crippen LogP contribution in [0.5, 0.6) is 5.75 Å². The van der Waals surface area contributed by atoms with Gasteiger partial charge in [-0.1, -0.05) is 24.3 Å². The number of benzene rings is 2. The topological polar surface area (TPSA) is 146 Å². The largest absolute Gasteiger partial charge is 0.868 e. The molecule has 0 bridgehead atoms. The normalized spacial score (nSPS) is 14.5. The van der Waals surface area contributed by atoms with Gasteiger partial charge in [-0.2, -0.15) is 0 Å². The van der Waals surface area contributed by atoms with Crippen LogP contribution < -0.4 is 10.4 Å². The van der Waals surface area contributed by atoms with Gasteiger partial charge in [-0.3, -0.25) is 29.4 Å². The molecule has 1 aromatic heterocycles. The average Bonchev–Trinajstić information content (AvgIpc) is 3.44. The summed E-state index contributed by atoms with van der Waals surface area (Å²) in [5, 5.41) is 25.9. The highest BCUT2D eigenvalue weighted by molar-refractivity contribution is 6.22. The minimum atomic E-state index is -1.27. The number of fused-ring (bicyclic) bond motifs is 1. The molecule has 0 aliphatic carbocycles. The molecule has 4 rings (SSSR count). The van der Waals surface area contributed by atoms with Crippen LogP contribution >= 0.6 is 0 Å². The molecule has 2 heterocycles. The summed E-state index contributed by atoms with van der Waals surface area (Å²) in [4.78, 5) is 50.8. The number of imide groups is 1. The van der Waals surface area contributed by atoms with Crippen molar-refractivity contribution in [1.82, 2.24) is 10.2 Å². The molecule has 0 saturated carbocycles. The number of carbonyl (C=O) groups is 3. The molecule has 2 atom stereocenters. The number of nitrogens with one attached hydrogen (secondary N) is 1. The van der Waals surface area contributed by atoms with Gasteiger partial charge in [-0.25, -0.2) is 0 Å². The Morgan fingerprint density at radius 2 is 1.77 bits per heavy atom. The molecule has 0 radical (unpaired) electrons. The van der Waals surface area contributed by atoms with Crippen molar-refractivity contribution in [2.24, 2.45) is 0 Å². The van der Waals surface area contributed by atoms with Crippen LogP contribution in [0.3, 0.4) is 0 Å². The van der Waals surface area contributed by atoms with E-state index in [1.807, 2.05) is 6.07 Å². The van der Waals surface area contributed by atoms with Gasteiger partial charge < -0.3 is 14.8 Å². The van der Waals surface area contributed by atoms with E-state index in [0.29, 0.717) is 12.8 Å². The number of aryl methyl sites for hydroxylation is 1. The Labute approximate surface area is 200 Å². The molecule has 0 spiro atoms. The van der Waals surface area contributed by atoms with Gasteiger partial charge >= 0.3 is 0 Å². The summed E-state index contributed by atoms with van der Waals surface area (Å²) < 4.78 is 5.31. The quantitative estimate of drug-likeness (QED) is 0.284. The fourth-order valence-electron chi connectivity index (χ4n) is 4.07. The summed E-state index contributed by atoms with van der Waals surface area (Å²) in [5.41, 5.74) is -0.00353. The van der Waals surface area contributed by atoms with Crippen LogP contribution in [0.25, 0.3) is 0 Å². The molecule has 1 N–H and O–H groups in total. The lowest BCUT2D eigenvalue weighted by Crippen LogP contribution is -2.52. The van der Waals surface area contributed by atoms with Gasteiger partial charge in [0.2, 0.25) is 5.91 Å². The van der Waals surface area contributed by atoms with E-state index in [1.165, 1.54) is 18.2 Å². The van der Waals surface area contributed by atoms with Crippen molar-refractivity contribution in [2.75, 3.05) is 0 Å². The predicted molar refractivity (Wildman–Crippen MR) is 122 cm³/mol. The smallest absolute Gasteiger partial charge is 0.262 e. The van der Waals surface area contributed by atoms with Crippen LogP contribution in [0, 0.1) is 10.1 Å². The van der Waals surface area contributed by atoms with E-state index in [1.54, 1.807) is 31.4 Å². The van der Waals surface area contributed by atoms with Gasteiger partial charge in [0.05, 0.1) is 22.3 Å². The van der Waals surface area contributed by atoms with Crippen molar-refractivity contribution in [1.29, 1.82) is 0 Å². The lowest BCUT2D eigenvalue weighted by atomic mass is 10.0. The first kappa shape index (κ1) is 23.7. The maximum Gasteiger partial charge on any atom is 0.262 e. The number of nitro benzene ring substituents is 1. The zero-order chi connectivity index (χ0) is 25.1. The lowest BCUT2D eigenvalue weighted by molar-refractivity contribution is -0.398. The summed E-state index contributed by atoms with van der Waals surface area (Å²) in [6.07, 6.45) is 2.49. The van der Waals surface area contributed by atoms with Crippen LogP contribution in [0.15, 0.2) is 65.3 Å². The lowest BCUT2D eigenvalue weighted by Gasteiger charge is -2.27. The fraction of sp³-hybridized carbons (Fsp3) is 0.240. The highest BCUT2D eigenvalue weighted by atomic mass is 16.6. The number of amides is 3. The maximum absolute atomic E-state index is 13.4. The number of rotatable bonds is 9. The van der Waals surface area contributed by atoms with Crippen molar-refractivity contribution < 1.29 is 28.8 Å². The first-order valence-corrected chi connectivity index (χ1v) is 11.0. The summed E-state index contributed by atoms with van der Waals surface area (Å²) in [6, 6.07) is 11.7. The third kappa shape index (κ3) is 4.91. The summed E-state index contributed by atoms with van der Waals surface area (Å²) in [6.45, 7) is 1.79. The molecule has 0 fully saturated rings. The van der Waals surface area contributed by atoms with Crippen LogP contribution in [0.4, 0.5) is 5.69 Å². The highest BCUT2D eigenvalue weighted by Crippen LogP contribution is 2.29. The second-order valence-electron chi connectivity index (χ2n) is 8.33. The molecule has 10 heteroatoms. The molecule has 180 valence electrons. The van der Waals surface area contributed by atoms with Crippen LogP contribution in [0.2, 0.25) is 0 Å². The SMILES string of the molecule is C[C@H](CCc1ccco1)NC(=O)[C@H](Cc1ccc([O-])c([N+](=O)[O-])c1)N1C(=O)c2ccccc2C1=O. The van der Waals surface area contributed by atoms with E-state index in [-0.39, 0.29) is 29.2 Å². The van der Waals surface area contributed by atoms with Gasteiger partial charge in [-0.05, 0) is 48.9 Å². The van der Waals surface area contributed by atoms with Gasteiger partial charge in [0, 0.05) is 24.9 Å². The van der Waals surface area contributed by atoms with E-state index < -0.39 is 40.1 Å². The molecule has 0 unspecified atom stereocenters. The third-order valence-corrected chi connectivity index (χ3v) is 5.88. The highest BCUT2D eigenvalue weighted by Gasteiger charge is 2.43. The zero-order valence-electron chi connectivity index (χ0n) is 18.8. The molecule has 10 nitrogen and oxygen atoms in total. The number of nitrogens with zero attached hydrogens (tertiary/aromatic N) is 2. The van der Waals surface area contributed by atoms with E-state index in [4.69, 9.17) is 4.42 Å². The Morgan fingerprint density at radius 1 is 1.09 bits per heavy atom. The second-order valence-corrected chi connectivity index (χ2v) is 8.33. The van der Waals surface area contributed by atoms with E-state index in [2.05, 4.69) is 5.32 Å². The molecule has 1 aliphatic heterocycles. The molecular weight excluding hydrogens is 454 g/mol.